The second-order valence-electron chi connectivity index (χ2n) is 5.57. The van der Waals surface area contributed by atoms with Gasteiger partial charge in [0.05, 0.1) is 12.7 Å². The lowest BCUT2D eigenvalue weighted by Gasteiger charge is -2.11. The maximum Gasteiger partial charge on any atom is 0.245 e. The normalized spacial score (nSPS) is 11.1. The maximum absolute atomic E-state index is 12.3. The van der Waals surface area contributed by atoms with E-state index in [-0.39, 0.29) is 18.4 Å². The minimum atomic E-state index is -0.0853. The van der Waals surface area contributed by atoms with E-state index < -0.39 is 0 Å². The van der Waals surface area contributed by atoms with Crippen molar-refractivity contribution < 1.29 is 4.79 Å². The third-order valence-corrected chi connectivity index (χ3v) is 4.31. The second-order valence-corrected chi connectivity index (χ2v) is 6.60. The quantitative estimate of drug-likeness (QED) is 0.756. The molecule has 3 rings (SSSR count). The monoisotopic (exact) mass is 329 g/mol. The second kappa shape index (κ2) is 6.78. The first-order chi connectivity index (χ1) is 11.1. The number of carbonyl (C=O) groups is 1. The van der Waals surface area contributed by atoms with Crippen molar-refractivity contribution in [2.45, 2.75) is 32.9 Å². The van der Waals surface area contributed by atoms with Crippen LogP contribution in [0.1, 0.15) is 30.5 Å². The van der Waals surface area contributed by atoms with Crippen molar-refractivity contribution in [3.8, 4) is 0 Å². The van der Waals surface area contributed by atoms with Gasteiger partial charge in [-0.05, 0) is 11.4 Å². The van der Waals surface area contributed by atoms with Crippen molar-refractivity contribution in [1.29, 1.82) is 0 Å². The predicted molar refractivity (Wildman–Crippen MR) is 90.6 cm³/mol. The van der Waals surface area contributed by atoms with E-state index in [1.54, 1.807) is 28.4 Å². The average molecular weight is 329 g/mol. The molecular weight excluding hydrogens is 310 g/mol. The number of carbonyl (C=O) groups excluding carboxylic acids is 1. The molecule has 0 radical (unpaired) electrons. The molecule has 6 nitrogen and oxygen atoms in total. The topological polar surface area (TPSA) is 64.7 Å². The Balaban J connectivity index is 1.66. The van der Waals surface area contributed by atoms with Crippen molar-refractivity contribution in [3.63, 3.8) is 0 Å². The van der Waals surface area contributed by atoms with Crippen LogP contribution in [0.25, 0.3) is 0 Å². The van der Waals surface area contributed by atoms with Gasteiger partial charge in [0.2, 0.25) is 5.91 Å². The van der Waals surface area contributed by atoms with E-state index >= 15 is 0 Å². The van der Waals surface area contributed by atoms with Crippen LogP contribution < -0.4 is 5.32 Å². The molecule has 0 bridgehead atoms. The Hall–Kier alpha value is -2.41. The number of imidazole rings is 1. The number of amides is 1. The largest absolute Gasteiger partial charge is 0.325 e. The van der Waals surface area contributed by atoms with Gasteiger partial charge in [0.25, 0.3) is 0 Å². The fraction of sp³-hybridized carbons (Fsp3) is 0.312. The molecule has 0 fully saturated rings. The summed E-state index contributed by atoms with van der Waals surface area (Å²) in [7, 11) is 0. The molecule has 0 atom stereocenters. The molecule has 0 saturated carbocycles. The Labute approximate surface area is 138 Å². The first kappa shape index (κ1) is 15.5. The van der Waals surface area contributed by atoms with Crippen LogP contribution in [-0.4, -0.2) is 25.2 Å². The average Bonchev–Trinajstić information content (AvgIpc) is 3.22. The summed E-state index contributed by atoms with van der Waals surface area (Å²) in [6.07, 6.45) is 5.25. The molecule has 0 aliphatic heterocycles. The van der Waals surface area contributed by atoms with Gasteiger partial charge in [0.1, 0.15) is 18.2 Å². The highest BCUT2D eigenvalue weighted by atomic mass is 32.1. The molecular formula is C16H19N5OS. The fourth-order valence-corrected chi connectivity index (χ4v) is 3.09. The van der Waals surface area contributed by atoms with Crippen molar-refractivity contribution in [2.75, 3.05) is 5.32 Å². The van der Waals surface area contributed by atoms with Gasteiger partial charge < -0.3 is 9.88 Å². The zero-order chi connectivity index (χ0) is 16.2. The van der Waals surface area contributed by atoms with Gasteiger partial charge in [0, 0.05) is 29.3 Å². The first-order valence-corrected chi connectivity index (χ1v) is 8.36. The highest BCUT2D eigenvalue weighted by molar-refractivity contribution is 7.09. The van der Waals surface area contributed by atoms with Crippen LogP contribution in [0.5, 0.6) is 0 Å². The lowest BCUT2D eigenvalue weighted by atomic mass is 10.2. The molecule has 0 unspecified atom stereocenters. The summed E-state index contributed by atoms with van der Waals surface area (Å²) in [6, 6.07) is 5.87. The number of hydrogen-bond donors (Lipinski definition) is 1. The molecule has 3 heterocycles. The van der Waals surface area contributed by atoms with E-state index in [0.29, 0.717) is 12.4 Å². The van der Waals surface area contributed by atoms with E-state index in [2.05, 4.69) is 35.3 Å². The van der Waals surface area contributed by atoms with E-state index in [0.717, 1.165) is 5.82 Å². The van der Waals surface area contributed by atoms with E-state index in [4.69, 9.17) is 0 Å². The van der Waals surface area contributed by atoms with E-state index in [1.807, 2.05) is 28.3 Å². The Bertz CT molecular complexity index is 772. The summed E-state index contributed by atoms with van der Waals surface area (Å²) >= 11 is 1.67. The Morgan fingerprint density at radius 2 is 2.22 bits per heavy atom. The summed E-state index contributed by atoms with van der Waals surface area (Å²) in [5.74, 6) is 1.81. The molecule has 1 N–H and O–H groups in total. The number of aromatic nitrogens is 4. The summed E-state index contributed by atoms with van der Waals surface area (Å²) in [6.45, 7) is 5.03. The van der Waals surface area contributed by atoms with Gasteiger partial charge in [-0.15, -0.1) is 11.3 Å². The van der Waals surface area contributed by atoms with Gasteiger partial charge in [-0.2, -0.15) is 5.10 Å². The van der Waals surface area contributed by atoms with Crippen LogP contribution in [0.2, 0.25) is 0 Å². The molecule has 0 aliphatic rings. The lowest BCUT2D eigenvalue weighted by molar-refractivity contribution is -0.116. The molecule has 7 heteroatoms. The summed E-state index contributed by atoms with van der Waals surface area (Å²) in [5.41, 5.74) is 0. The van der Waals surface area contributed by atoms with Gasteiger partial charge in [-0.1, -0.05) is 19.9 Å². The number of thiophene rings is 1. The molecule has 23 heavy (non-hydrogen) atoms. The van der Waals surface area contributed by atoms with Crippen LogP contribution in [0.3, 0.4) is 0 Å². The number of nitrogens with zero attached hydrogens (tertiary/aromatic N) is 4. The molecule has 3 aromatic heterocycles. The predicted octanol–water partition coefficient (Wildman–Crippen LogP) is 2.95. The highest BCUT2D eigenvalue weighted by Gasteiger charge is 2.12. The third-order valence-electron chi connectivity index (χ3n) is 3.45. The molecule has 1 amide bonds. The van der Waals surface area contributed by atoms with Crippen molar-refractivity contribution >= 4 is 23.1 Å². The highest BCUT2D eigenvalue weighted by Crippen LogP contribution is 2.15. The van der Waals surface area contributed by atoms with E-state index in [9.17, 15) is 4.79 Å². The van der Waals surface area contributed by atoms with Crippen LogP contribution in [0.15, 0.2) is 42.2 Å². The van der Waals surface area contributed by atoms with Gasteiger partial charge in [0.15, 0.2) is 0 Å². The number of rotatable bonds is 6. The van der Waals surface area contributed by atoms with Gasteiger partial charge in [-0.25, -0.2) is 9.67 Å². The van der Waals surface area contributed by atoms with Crippen LogP contribution in [0.4, 0.5) is 5.82 Å². The Kier molecular flexibility index (Phi) is 4.57. The number of anilines is 1. The minimum Gasteiger partial charge on any atom is -0.325 e. The molecule has 0 aromatic carbocycles. The van der Waals surface area contributed by atoms with Crippen LogP contribution >= 0.6 is 11.3 Å². The van der Waals surface area contributed by atoms with Gasteiger partial charge in [-0.3, -0.25) is 4.79 Å². The van der Waals surface area contributed by atoms with Gasteiger partial charge >= 0.3 is 0 Å². The number of hydrogen-bond acceptors (Lipinski definition) is 4. The zero-order valence-electron chi connectivity index (χ0n) is 13.1. The third kappa shape index (κ3) is 3.68. The van der Waals surface area contributed by atoms with Crippen molar-refractivity contribution in [3.05, 3.63) is 52.9 Å². The van der Waals surface area contributed by atoms with Crippen molar-refractivity contribution in [1.82, 2.24) is 19.3 Å². The van der Waals surface area contributed by atoms with E-state index in [1.165, 1.54) is 4.88 Å². The molecule has 120 valence electrons. The van der Waals surface area contributed by atoms with Crippen molar-refractivity contribution in [2.24, 2.45) is 0 Å². The SMILES string of the molecule is CC(C)c1nccn1CC(=O)Nc1ccnn1Cc1cccs1. The summed E-state index contributed by atoms with van der Waals surface area (Å²) in [4.78, 5) is 17.8. The number of nitrogens with one attached hydrogen (secondary N) is 1. The lowest BCUT2D eigenvalue weighted by Crippen LogP contribution is -2.22. The molecule has 0 saturated heterocycles. The fourth-order valence-electron chi connectivity index (χ4n) is 2.41. The van der Waals surface area contributed by atoms with Crippen LogP contribution in [0, 0.1) is 0 Å². The standard InChI is InChI=1S/C16H19N5OS/c1-12(2)16-17-7-8-20(16)11-15(22)19-14-5-6-18-21(14)10-13-4-3-9-23-13/h3-9,12H,10-11H2,1-2H3,(H,19,22). The summed E-state index contributed by atoms with van der Waals surface area (Å²) < 4.78 is 3.67. The Morgan fingerprint density at radius 3 is 2.96 bits per heavy atom. The maximum atomic E-state index is 12.3. The zero-order valence-corrected chi connectivity index (χ0v) is 14.0. The minimum absolute atomic E-state index is 0.0853. The summed E-state index contributed by atoms with van der Waals surface area (Å²) in [5, 5.41) is 9.23. The first-order valence-electron chi connectivity index (χ1n) is 7.48. The molecule has 0 aliphatic carbocycles. The van der Waals surface area contributed by atoms with Crippen LogP contribution in [-0.2, 0) is 17.9 Å². The smallest absolute Gasteiger partial charge is 0.245 e. The molecule has 0 spiro atoms. The Morgan fingerprint density at radius 1 is 1.35 bits per heavy atom. The molecule has 3 aromatic rings.